The van der Waals surface area contributed by atoms with E-state index in [0.29, 0.717) is 18.1 Å². The van der Waals surface area contributed by atoms with Gasteiger partial charge in [0.25, 0.3) is 0 Å². The maximum atomic E-state index is 12.4. The molecule has 0 fully saturated rings. The monoisotopic (exact) mass is 428 g/mol. The quantitative estimate of drug-likeness (QED) is 0.233. The van der Waals surface area contributed by atoms with Crippen LogP contribution < -0.4 is 22.5 Å². The van der Waals surface area contributed by atoms with Gasteiger partial charge < -0.3 is 27.5 Å². The van der Waals surface area contributed by atoms with Crippen molar-refractivity contribution in [1.29, 1.82) is 0 Å². The van der Waals surface area contributed by atoms with Crippen LogP contribution in [-0.4, -0.2) is 33.4 Å². The minimum atomic E-state index is -0.742. The Morgan fingerprint density at radius 3 is 2.59 bits per heavy atom. The van der Waals surface area contributed by atoms with Crippen LogP contribution in [0, 0.1) is 6.92 Å². The van der Waals surface area contributed by atoms with E-state index in [1.165, 1.54) is 10.9 Å². The van der Waals surface area contributed by atoms with Gasteiger partial charge in [-0.1, -0.05) is 48.0 Å². The van der Waals surface area contributed by atoms with E-state index in [1.54, 1.807) is 0 Å². The number of nitrogens with zero attached hydrogens (tertiary/aromatic N) is 3. The van der Waals surface area contributed by atoms with Crippen LogP contribution in [-0.2, 0) is 6.42 Å². The summed E-state index contributed by atoms with van der Waals surface area (Å²) in [5, 5.41) is 4.49. The molecule has 0 bridgehead atoms. The molecule has 0 saturated carbocycles. The number of hydrogen-bond donors (Lipinski definition) is 5. The molecule has 4 aromatic rings. The Morgan fingerprint density at radius 1 is 1.09 bits per heavy atom. The number of carbonyl (C=O) groups excluding carboxylic acids is 1. The van der Waals surface area contributed by atoms with Crippen LogP contribution in [0.25, 0.3) is 22.2 Å². The van der Waals surface area contributed by atoms with Crippen LogP contribution in [0.1, 0.15) is 21.6 Å². The third-order valence-corrected chi connectivity index (χ3v) is 5.04. The van der Waals surface area contributed by atoms with Gasteiger partial charge in [0.1, 0.15) is 5.69 Å². The van der Waals surface area contributed by atoms with Gasteiger partial charge in [-0.15, -0.1) is 0 Å². The first-order valence-electron chi connectivity index (χ1n) is 10.1. The molecular weight excluding hydrogens is 404 g/mol. The number of aromatic nitrogens is 3. The van der Waals surface area contributed by atoms with E-state index in [0.717, 1.165) is 23.1 Å². The van der Waals surface area contributed by atoms with Crippen LogP contribution >= 0.6 is 0 Å². The summed E-state index contributed by atoms with van der Waals surface area (Å²) >= 11 is 0. The van der Waals surface area contributed by atoms with Crippen LogP contribution in [0.4, 0.5) is 11.6 Å². The van der Waals surface area contributed by atoms with Gasteiger partial charge in [-0.3, -0.25) is 4.79 Å². The summed E-state index contributed by atoms with van der Waals surface area (Å²) in [7, 11) is 0. The van der Waals surface area contributed by atoms with E-state index < -0.39 is 5.91 Å². The molecule has 0 unspecified atom stereocenters. The fraction of sp³-hybridized carbons (Fsp3) is 0.130. The van der Waals surface area contributed by atoms with Gasteiger partial charge in [0, 0.05) is 29.2 Å². The average Bonchev–Trinajstić information content (AvgIpc) is 3.17. The molecule has 0 aliphatic carbocycles. The van der Waals surface area contributed by atoms with Gasteiger partial charge in [-0.25, -0.2) is 9.97 Å². The van der Waals surface area contributed by atoms with Crippen molar-refractivity contribution in [3.05, 3.63) is 71.5 Å². The number of nitrogens with two attached hydrogens (primary N) is 3. The third-order valence-electron chi connectivity index (χ3n) is 5.04. The molecular formula is C23H24N8O. The molecule has 0 aliphatic heterocycles. The SMILES string of the molecule is Cc1ccc(-c2nc(C(=O)N=C(N)N)c(N)nc2NCCc2c[nH]c3ccccc23)cc1. The van der Waals surface area contributed by atoms with E-state index in [1.807, 2.05) is 55.6 Å². The van der Waals surface area contributed by atoms with E-state index in [9.17, 15) is 4.79 Å². The van der Waals surface area contributed by atoms with E-state index >= 15 is 0 Å². The van der Waals surface area contributed by atoms with Crippen LogP contribution in [0.2, 0.25) is 0 Å². The first kappa shape index (κ1) is 20.9. The molecule has 2 heterocycles. The number of nitrogen functional groups attached to an aromatic ring is 1. The highest BCUT2D eigenvalue weighted by Crippen LogP contribution is 2.28. The maximum absolute atomic E-state index is 12.4. The van der Waals surface area contributed by atoms with Gasteiger partial charge in [0.05, 0.1) is 0 Å². The minimum Gasteiger partial charge on any atom is -0.382 e. The van der Waals surface area contributed by atoms with Gasteiger partial charge in [-0.2, -0.15) is 4.99 Å². The topological polar surface area (TPSA) is 161 Å². The predicted octanol–water partition coefficient (Wildman–Crippen LogP) is 2.58. The van der Waals surface area contributed by atoms with Crippen molar-refractivity contribution < 1.29 is 4.79 Å². The fourth-order valence-electron chi connectivity index (χ4n) is 3.47. The Labute approximate surface area is 184 Å². The lowest BCUT2D eigenvalue weighted by atomic mass is 10.1. The number of guanidine groups is 1. The van der Waals surface area contributed by atoms with Crippen molar-refractivity contribution in [1.82, 2.24) is 15.0 Å². The summed E-state index contributed by atoms with van der Waals surface area (Å²) in [6.07, 6.45) is 2.76. The number of H-pyrrole nitrogens is 1. The van der Waals surface area contributed by atoms with E-state index in [4.69, 9.17) is 17.2 Å². The number of anilines is 2. The van der Waals surface area contributed by atoms with Crippen LogP contribution in [0.15, 0.2) is 59.7 Å². The zero-order valence-electron chi connectivity index (χ0n) is 17.6. The van der Waals surface area contributed by atoms with E-state index in [-0.39, 0.29) is 17.5 Å². The average molecular weight is 429 g/mol. The molecule has 0 aliphatic rings. The second-order valence-electron chi connectivity index (χ2n) is 7.40. The standard InChI is InChI=1S/C23H24N8O/c1-13-6-8-14(9-7-13)18-21(30-20(24)19(29-18)22(32)31-23(25)26)27-11-10-15-12-28-17-5-3-2-4-16(15)17/h2-9,12,28H,10-11H2,1H3,(H3,24,27,30)(H4,25,26,31,32). The molecule has 1 amide bonds. The summed E-state index contributed by atoms with van der Waals surface area (Å²) in [5.74, 6) is -0.680. The van der Waals surface area contributed by atoms with Crippen molar-refractivity contribution in [3.8, 4) is 11.3 Å². The summed E-state index contributed by atoms with van der Waals surface area (Å²) in [6, 6.07) is 15.9. The third kappa shape index (κ3) is 4.36. The summed E-state index contributed by atoms with van der Waals surface area (Å²) in [6.45, 7) is 2.59. The fourth-order valence-corrected chi connectivity index (χ4v) is 3.47. The van der Waals surface area contributed by atoms with Crippen molar-refractivity contribution in [3.63, 3.8) is 0 Å². The Balaban J connectivity index is 1.65. The second kappa shape index (κ2) is 8.76. The summed E-state index contributed by atoms with van der Waals surface area (Å²) in [4.78, 5) is 28.1. The molecule has 0 spiro atoms. The lowest BCUT2D eigenvalue weighted by molar-refractivity contribution is 0.0998. The normalized spacial score (nSPS) is 10.8. The molecule has 0 atom stereocenters. The molecule has 2 aromatic heterocycles. The molecule has 4 rings (SSSR count). The van der Waals surface area contributed by atoms with Gasteiger partial charge >= 0.3 is 5.91 Å². The number of aliphatic imine (C=N–C) groups is 1. The van der Waals surface area contributed by atoms with Gasteiger partial charge in [0.15, 0.2) is 23.3 Å². The summed E-state index contributed by atoms with van der Waals surface area (Å²) in [5.41, 5.74) is 21.2. The first-order valence-corrected chi connectivity index (χ1v) is 10.1. The lowest BCUT2D eigenvalue weighted by Crippen LogP contribution is -2.25. The number of aromatic amines is 1. The number of rotatable bonds is 6. The van der Waals surface area contributed by atoms with Crippen molar-refractivity contribution in [2.75, 3.05) is 17.6 Å². The van der Waals surface area contributed by atoms with Crippen LogP contribution in [0.3, 0.4) is 0 Å². The number of aryl methyl sites for hydroxylation is 1. The highest BCUT2D eigenvalue weighted by molar-refractivity contribution is 6.04. The molecule has 9 heteroatoms. The predicted molar refractivity (Wildman–Crippen MR) is 127 cm³/mol. The summed E-state index contributed by atoms with van der Waals surface area (Å²) < 4.78 is 0. The second-order valence-corrected chi connectivity index (χ2v) is 7.40. The molecule has 9 nitrogen and oxygen atoms in total. The van der Waals surface area contributed by atoms with Crippen molar-refractivity contribution >= 4 is 34.4 Å². The highest BCUT2D eigenvalue weighted by Gasteiger charge is 2.19. The Kier molecular flexibility index (Phi) is 5.71. The van der Waals surface area contributed by atoms with Crippen molar-refractivity contribution in [2.24, 2.45) is 16.5 Å². The highest BCUT2D eigenvalue weighted by atomic mass is 16.1. The van der Waals surface area contributed by atoms with Crippen molar-refractivity contribution in [2.45, 2.75) is 13.3 Å². The largest absolute Gasteiger partial charge is 0.382 e. The number of amides is 1. The molecule has 0 radical (unpaired) electrons. The zero-order chi connectivity index (χ0) is 22.7. The van der Waals surface area contributed by atoms with Gasteiger partial charge in [0.2, 0.25) is 0 Å². The number of benzene rings is 2. The molecule has 162 valence electrons. The van der Waals surface area contributed by atoms with Crippen LogP contribution in [0.5, 0.6) is 0 Å². The number of carbonyl (C=O) groups is 1. The number of fused-ring (bicyclic) bond motifs is 1. The number of para-hydroxylation sites is 1. The maximum Gasteiger partial charge on any atom is 0.302 e. The molecule has 32 heavy (non-hydrogen) atoms. The first-order chi connectivity index (χ1) is 15.4. The van der Waals surface area contributed by atoms with Gasteiger partial charge in [-0.05, 0) is 25.0 Å². The molecule has 0 saturated heterocycles. The Bertz CT molecular complexity index is 1300. The minimum absolute atomic E-state index is 0.0505. The Morgan fingerprint density at radius 2 is 1.84 bits per heavy atom. The Hall–Kier alpha value is -4.40. The smallest absolute Gasteiger partial charge is 0.302 e. The van der Waals surface area contributed by atoms with E-state index in [2.05, 4.69) is 31.3 Å². The molecule has 8 N–H and O–H groups in total. The number of hydrogen-bond acceptors (Lipinski definition) is 5. The molecule has 2 aromatic carbocycles. The number of nitrogens with one attached hydrogen (secondary N) is 2. The lowest BCUT2D eigenvalue weighted by Gasteiger charge is -2.13. The zero-order valence-corrected chi connectivity index (χ0v) is 17.6.